The van der Waals surface area contributed by atoms with E-state index in [1.807, 2.05) is 4.90 Å². The minimum atomic E-state index is -6.09. The Hall–Kier alpha value is -0.340. The van der Waals surface area contributed by atoms with Crippen LogP contribution in [0.4, 0.5) is 13.2 Å². The molecular weight excluding hydrogens is 331 g/mol. The molecule has 0 amide bonds. The SMILES string of the molecule is CCCCCC[NH+]1CCC(CCCC)C1.O=S(=O)([O-])C(F)(F)F. The Morgan fingerprint density at radius 3 is 2.13 bits per heavy atom. The number of nitrogens with one attached hydrogen (secondary N) is 1. The largest absolute Gasteiger partial charge is 0.741 e. The molecule has 1 N–H and O–H groups in total. The van der Waals surface area contributed by atoms with Crippen LogP contribution in [0.3, 0.4) is 0 Å². The molecule has 1 fully saturated rings. The number of rotatable bonds is 8. The molecular formula is C15H30F3NO3S. The van der Waals surface area contributed by atoms with Crippen molar-refractivity contribution in [3.8, 4) is 0 Å². The fourth-order valence-electron chi connectivity index (χ4n) is 2.79. The third-order valence-electron chi connectivity index (χ3n) is 4.12. The molecule has 140 valence electrons. The van der Waals surface area contributed by atoms with Crippen molar-refractivity contribution in [1.82, 2.24) is 0 Å². The molecule has 0 aromatic carbocycles. The zero-order chi connectivity index (χ0) is 17.9. The van der Waals surface area contributed by atoms with Gasteiger partial charge in [-0.15, -0.1) is 0 Å². The van der Waals surface area contributed by atoms with Crippen LogP contribution in [-0.2, 0) is 10.1 Å². The number of unbranched alkanes of at least 4 members (excludes halogenated alkanes) is 4. The predicted molar refractivity (Wildman–Crippen MR) is 83.1 cm³/mol. The summed E-state index contributed by atoms with van der Waals surface area (Å²) in [4.78, 5) is 1.90. The second kappa shape index (κ2) is 11.3. The summed E-state index contributed by atoms with van der Waals surface area (Å²) in [6.07, 6.45) is 11.6. The van der Waals surface area contributed by atoms with E-state index in [9.17, 15) is 13.2 Å². The lowest BCUT2D eigenvalue weighted by atomic mass is 10.0. The summed E-state index contributed by atoms with van der Waals surface area (Å²) in [6, 6.07) is 0. The van der Waals surface area contributed by atoms with Gasteiger partial charge in [0.05, 0.1) is 19.6 Å². The van der Waals surface area contributed by atoms with Gasteiger partial charge in [-0.3, -0.25) is 0 Å². The van der Waals surface area contributed by atoms with E-state index >= 15 is 0 Å². The summed E-state index contributed by atoms with van der Waals surface area (Å²) in [5.74, 6) is 1.06. The lowest BCUT2D eigenvalue weighted by Gasteiger charge is -2.13. The third-order valence-corrected chi connectivity index (χ3v) is 4.68. The average molecular weight is 361 g/mol. The fraction of sp³-hybridized carbons (Fsp3) is 1.00. The first-order chi connectivity index (χ1) is 10.6. The molecule has 1 heterocycles. The Kier molecular flexibility index (Phi) is 11.1. The van der Waals surface area contributed by atoms with Gasteiger partial charge in [0.1, 0.15) is 0 Å². The summed E-state index contributed by atoms with van der Waals surface area (Å²) in [6.45, 7) is 8.99. The smallest absolute Gasteiger partial charge is 0.485 e. The molecule has 2 atom stereocenters. The van der Waals surface area contributed by atoms with Crippen molar-refractivity contribution < 1.29 is 31.0 Å². The van der Waals surface area contributed by atoms with Gasteiger partial charge in [0.15, 0.2) is 10.1 Å². The Labute approximate surface area is 138 Å². The van der Waals surface area contributed by atoms with E-state index in [4.69, 9.17) is 13.0 Å². The average Bonchev–Trinajstić information content (AvgIpc) is 2.88. The van der Waals surface area contributed by atoms with Gasteiger partial charge in [-0.05, 0) is 19.3 Å². The second-order valence-electron chi connectivity index (χ2n) is 6.21. The Morgan fingerprint density at radius 2 is 1.65 bits per heavy atom. The standard InChI is InChI=1S/C14H29N.CHF3O3S/c1-3-5-7-8-11-15-12-10-14(13-15)9-6-4-2;2-1(3,4)8(5,6)7/h14H,3-13H2,1-2H3;(H,5,6,7). The van der Waals surface area contributed by atoms with Crippen LogP contribution in [0.25, 0.3) is 0 Å². The van der Waals surface area contributed by atoms with Crippen molar-refractivity contribution in [2.45, 2.75) is 70.7 Å². The molecule has 23 heavy (non-hydrogen) atoms. The van der Waals surface area contributed by atoms with Crippen molar-refractivity contribution in [3.05, 3.63) is 0 Å². The van der Waals surface area contributed by atoms with E-state index in [0.717, 1.165) is 5.92 Å². The summed E-state index contributed by atoms with van der Waals surface area (Å²) >= 11 is 0. The Balaban J connectivity index is 0.000000515. The summed E-state index contributed by atoms with van der Waals surface area (Å²) < 4.78 is 58.9. The van der Waals surface area contributed by atoms with Crippen molar-refractivity contribution >= 4 is 10.1 Å². The van der Waals surface area contributed by atoms with E-state index in [1.165, 1.54) is 71.0 Å². The van der Waals surface area contributed by atoms with Crippen LogP contribution < -0.4 is 4.90 Å². The highest BCUT2D eigenvalue weighted by Gasteiger charge is 2.36. The lowest BCUT2D eigenvalue weighted by molar-refractivity contribution is -0.889. The van der Waals surface area contributed by atoms with Crippen LogP contribution >= 0.6 is 0 Å². The fourth-order valence-corrected chi connectivity index (χ4v) is 2.79. The molecule has 0 aromatic heterocycles. The molecule has 8 heteroatoms. The highest BCUT2D eigenvalue weighted by atomic mass is 32.2. The number of quaternary nitrogens is 1. The maximum Gasteiger partial charge on any atom is 0.485 e. The first-order valence-corrected chi connectivity index (χ1v) is 9.88. The maximum absolute atomic E-state index is 10.7. The van der Waals surface area contributed by atoms with Gasteiger partial charge in [0.2, 0.25) is 0 Å². The van der Waals surface area contributed by atoms with Crippen molar-refractivity contribution in [3.63, 3.8) is 0 Å². The number of hydrogen-bond donors (Lipinski definition) is 1. The van der Waals surface area contributed by atoms with Crippen molar-refractivity contribution in [2.24, 2.45) is 5.92 Å². The molecule has 0 bridgehead atoms. The topological polar surface area (TPSA) is 61.6 Å². The molecule has 1 aliphatic heterocycles. The van der Waals surface area contributed by atoms with Crippen molar-refractivity contribution in [2.75, 3.05) is 19.6 Å². The highest BCUT2D eigenvalue weighted by molar-refractivity contribution is 7.86. The van der Waals surface area contributed by atoms with Gasteiger partial charge in [0, 0.05) is 12.3 Å². The van der Waals surface area contributed by atoms with Gasteiger partial charge < -0.3 is 9.45 Å². The van der Waals surface area contributed by atoms with E-state index in [0.29, 0.717) is 0 Å². The first-order valence-electron chi connectivity index (χ1n) is 8.47. The van der Waals surface area contributed by atoms with Crippen LogP contribution in [0.1, 0.15) is 65.2 Å². The predicted octanol–water partition coefficient (Wildman–Crippen LogP) is 2.71. The summed E-state index contributed by atoms with van der Waals surface area (Å²) in [5.41, 5.74) is -5.65. The molecule has 1 rings (SSSR count). The maximum atomic E-state index is 10.7. The minimum absolute atomic E-state index is 1.06. The summed E-state index contributed by atoms with van der Waals surface area (Å²) in [5, 5.41) is 0. The van der Waals surface area contributed by atoms with Crippen LogP contribution in [0, 0.1) is 5.92 Å². The number of hydrogen-bond acceptors (Lipinski definition) is 3. The molecule has 0 aliphatic carbocycles. The molecule has 1 aliphatic rings. The van der Waals surface area contributed by atoms with Gasteiger partial charge in [-0.2, -0.15) is 13.2 Å². The summed E-state index contributed by atoms with van der Waals surface area (Å²) in [7, 11) is -6.09. The van der Waals surface area contributed by atoms with Gasteiger partial charge in [-0.1, -0.05) is 39.5 Å². The number of halogens is 3. The van der Waals surface area contributed by atoms with Gasteiger partial charge in [0.25, 0.3) is 0 Å². The van der Waals surface area contributed by atoms with Crippen LogP contribution in [0.2, 0.25) is 0 Å². The molecule has 4 nitrogen and oxygen atoms in total. The number of alkyl halides is 3. The van der Waals surface area contributed by atoms with E-state index < -0.39 is 15.6 Å². The monoisotopic (exact) mass is 361 g/mol. The second-order valence-corrected chi connectivity index (χ2v) is 7.58. The normalized spacial score (nSPS) is 21.8. The van der Waals surface area contributed by atoms with Crippen LogP contribution in [0.5, 0.6) is 0 Å². The highest BCUT2D eigenvalue weighted by Crippen LogP contribution is 2.20. The zero-order valence-corrected chi connectivity index (χ0v) is 14.9. The van der Waals surface area contributed by atoms with Gasteiger partial charge in [-0.25, -0.2) is 8.42 Å². The lowest BCUT2D eigenvalue weighted by Crippen LogP contribution is -3.10. The Morgan fingerprint density at radius 1 is 1.09 bits per heavy atom. The molecule has 0 saturated carbocycles. The first kappa shape index (κ1) is 22.7. The Bertz CT molecular complexity index is 399. The van der Waals surface area contributed by atoms with Gasteiger partial charge >= 0.3 is 5.51 Å². The quantitative estimate of drug-likeness (QED) is 0.411. The third kappa shape index (κ3) is 10.9. The van der Waals surface area contributed by atoms with E-state index in [2.05, 4.69) is 13.8 Å². The molecule has 2 unspecified atom stereocenters. The molecule has 1 saturated heterocycles. The van der Waals surface area contributed by atoms with Crippen molar-refractivity contribution in [1.29, 1.82) is 0 Å². The van der Waals surface area contributed by atoms with Crippen LogP contribution in [0.15, 0.2) is 0 Å². The van der Waals surface area contributed by atoms with E-state index in [-0.39, 0.29) is 0 Å². The molecule has 0 spiro atoms. The van der Waals surface area contributed by atoms with Crippen LogP contribution in [-0.4, -0.2) is 38.1 Å². The van der Waals surface area contributed by atoms with E-state index in [1.54, 1.807) is 0 Å². The molecule has 0 aromatic rings. The number of likely N-dealkylation sites (tertiary alicyclic amines) is 1. The minimum Gasteiger partial charge on any atom is -0.741 e. The molecule has 0 radical (unpaired) electrons. The zero-order valence-electron chi connectivity index (χ0n) is 14.1.